The SMILES string of the molecule is [B]c1ccc2c(c1)Cc1cpccc1-2. The zero-order chi connectivity index (χ0) is 9.54. The smallest absolute Gasteiger partial charge is 0.0963 e. The Morgan fingerprint density at radius 3 is 2.86 bits per heavy atom. The molecule has 1 aromatic carbocycles. The van der Waals surface area contributed by atoms with Crippen LogP contribution in [0.5, 0.6) is 0 Å². The van der Waals surface area contributed by atoms with Crippen LogP contribution < -0.4 is 5.46 Å². The first-order chi connectivity index (χ1) is 6.84. The molecule has 64 valence electrons. The Kier molecular flexibility index (Phi) is 1.75. The molecule has 14 heavy (non-hydrogen) atoms. The average molecular weight is 194 g/mol. The predicted octanol–water partition coefficient (Wildman–Crippen LogP) is 2.63. The van der Waals surface area contributed by atoms with E-state index in [9.17, 15) is 0 Å². The molecule has 0 fully saturated rings. The summed E-state index contributed by atoms with van der Waals surface area (Å²) in [5.41, 5.74) is 6.43. The Morgan fingerprint density at radius 2 is 1.93 bits per heavy atom. The number of hydrogen-bond acceptors (Lipinski definition) is 0. The monoisotopic (exact) mass is 194 g/mol. The normalized spacial score (nSPS) is 12.9. The van der Waals surface area contributed by atoms with Crippen molar-refractivity contribution in [2.75, 3.05) is 0 Å². The quantitative estimate of drug-likeness (QED) is 0.482. The Balaban J connectivity index is 2.27. The molecule has 1 aliphatic carbocycles. The molecule has 0 spiro atoms. The highest BCUT2D eigenvalue weighted by Gasteiger charge is 2.16. The zero-order valence-corrected chi connectivity index (χ0v) is 8.59. The molecule has 0 N–H and O–H groups in total. The van der Waals surface area contributed by atoms with Crippen LogP contribution in [0.4, 0.5) is 0 Å². The maximum atomic E-state index is 5.77. The van der Waals surface area contributed by atoms with Gasteiger partial charge >= 0.3 is 0 Å². The number of fused-ring (bicyclic) bond motifs is 3. The van der Waals surface area contributed by atoms with Gasteiger partial charge in [0.2, 0.25) is 0 Å². The number of benzene rings is 1. The van der Waals surface area contributed by atoms with Crippen LogP contribution in [0.25, 0.3) is 11.1 Å². The van der Waals surface area contributed by atoms with E-state index in [-0.39, 0.29) is 0 Å². The van der Waals surface area contributed by atoms with E-state index in [1.807, 2.05) is 6.07 Å². The minimum atomic E-state index is 0.866. The molecule has 3 rings (SSSR count). The van der Waals surface area contributed by atoms with Gasteiger partial charge in [0.05, 0.1) is 0 Å². The molecule has 0 saturated carbocycles. The summed E-state index contributed by atoms with van der Waals surface area (Å²) in [6.45, 7) is 0. The van der Waals surface area contributed by atoms with Crippen LogP contribution in [0.2, 0.25) is 0 Å². The van der Waals surface area contributed by atoms with Gasteiger partial charge in [-0.1, -0.05) is 31.9 Å². The third-order valence-corrected chi connectivity index (χ3v) is 3.49. The second-order valence-electron chi connectivity index (χ2n) is 3.63. The number of rotatable bonds is 0. The average Bonchev–Trinajstić information content (AvgIpc) is 2.54. The minimum Gasteiger partial charge on any atom is -0.0963 e. The first kappa shape index (κ1) is 8.26. The van der Waals surface area contributed by atoms with Crippen molar-refractivity contribution in [1.82, 2.24) is 0 Å². The Morgan fingerprint density at radius 1 is 1.07 bits per heavy atom. The molecule has 0 unspecified atom stereocenters. The summed E-state index contributed by atoms with van der Waals surface area (Å²) < 4.78 is 0. The van der Waals surface area contributed by atoms with Crippen LogP contribution in [0.3, 0.4) is 0 Å². The van der Waals surface area contributed by atoms with Crippen molar-refractivity contribution in [1.29, 1.82) is 0 Å². The van der Waals surface area contributed by atoms with Crippen molar-refractivity contribution in [3.05, 3.63) is 47.0 Å². The van der Waals surface area contributed by atoms with Gasteiger partial charge in [-0.2, -0.15) is 0 Å². The van der Waals surface area contributed by atoms with Crippen LogP contribution in [0.1, 0.15) is 11.1 Å². The summed E-state index contributed by atoms with van der Waals surface area (Å²) in [4.78, 5) is 0. The maximum absolute atomic E-state index is 5.77. The topological polar surface area (TPSA) is 0 Å². The van der Waals surface area contributed by atoms with Gasteiger partial charge in [-0.15, -0.1) is 0 Å². The van der Waals surface area contributed by atoms with E-state index in [4.69, 9.17) is 7.85 Å². The molecule has 2 heteroatoms. The van der Waals surface area contributed by atoms with Gasteiger partial charge in [0.1, 0.15) is 7.85 Å². The van der Waals surface area contributed by atoms with E-state index in [0.717, 1.165) is 11.9 Å². The molecule has 0 bridgehead atoms. The Bertz CT molecular complexity index is 505. The second-order valence-corrected chi connectivity index (χ2v) is 4.48. The van der Waals surface area contributed by atoms with Crippen LogP contribution in [0.15, 0.2) is 35.9 Å². The molecular weight excluding hydrogens is 186 g/mol. The lowest BCUT2D eigenvalue weighted by Gasteiger charge is -2.00. The number of hydrogen-bond donors (Lipinski definition) is 0. The second kappa shape index (κ2) is 2.97. The lowest BCUT2D eigenvalue weighted by molar-refractivity contribution is 1.28. The van der Waals surface area contributed by atoms with E-state index in [0.29, 0.717) is 0 Å². The molecule has 0 atom stereocenters. The lowest BCUT2D eigenvalue weighted by atomic mass is 9.92. The van der Waals surface area contributed by atoms with Crippen molar-refractivity contribution < 1.29 is 0 Å². The lowest BCUT2D eigenvalue weighted by Crippen LogP contribution is -2.01. The van der Waals surface area contributed by atoms with E-state index in [2.05, 4.69) is 29.8 Å². The van der Waals surface area contributed by atoms with Gasteiger partial charge in [-0.25, -0.2) is 0 Å². The summed E-state index contributed by atoms with van der Waals surface area (Å²) in [5.74, 6) is 4.47. The third kappa shape index (κ3) is 1.13. The highest BCUT2D eigenvalue weighted by atomic mass is 31.0. The summed E-state index contributed by atoms with van der Waals surface area (Å²) in [6, 6.07) is 8.42. The maximum Gasteiger partial charge on any atom is 0.113 e. The minimum absolute atomic E-state index is 0.866. The Labute approximate surface area is 86.5 Å². The van der Waals surface area contributed by atoms with Gasteiger partial charge in [0, 0.05) is 0 Å². The molecular formula is C12H8BP. The summed E-state index contributed by atoms with van der Waals surface area (Å²) in [5, 5.41) is 0. The highest BCUT2D eigenvalue weighted by molar-refractivity contribution is 7.28. The van der Waals surface area contributed by atoms with E-state index >= 15 is 0 Å². The standard InChI is InChI=1S/C12H8BP/c13-10-1-2-11-8(6-10)5-9-7-14-4-3-12(9)11/h1-4,6-7H,5H2. The fraction of sp³-hybridized carbons (Fsp3) is 0.0833. The first-order valence-electron chi connectivity index (χ1n) is 4.66. The van der Waals surface area contributed by atoms with Crippen LogP contribution in [-0.4, -0.2) is 7.85 Å². The van der Waals surface area contributed by atoms with Gasteiger partial charge in [-0.05, 0) is 46.3 Å². The van der Waals surface area contributed by atoms with Crippen molar-refractivity contribution in [2.45, 2.75) is 6.42 Å². The van der Waals surface area contributed by atoms with Crippen LogP contribution in [-0.2, 0) is 6.42 Å². The van der Waals surface area contributed by atoms with Crippen molar-refractivity contribution >= 4 is 21.5 Å². The molecule has 0 nitrogen and oxygen atoms in total. The predicted molar refractivity (Wildman–Crippen MR) is 62.6 cm³/mol. The molecule has 0 saturated heterocycles. The first-order valence-corrected chi connectivity index (χ1v) is 5.69. The molecule has 1 aromatic heterocycles. The zero-order valence-electron chi connectivity index (χ0n) is 7.70. The van der Waals surface area contributed by atoms with Gasteiger partial charge in [0.25, 0.3) is 0 Å². The van der Waals surface area contributed by atoms with Crippen molar-refractivity contribution in [3.8, 4) is 11.1 Å². The molecule has 2 aromatic rings. The molecule has 1 aliphatic rings. The van der Waals surface area contributed by atoms with Gasteiger partial charge in [-0.3, -0.25) is 0 Å². The van der Waals surface area contributed by atoms with Crippen molar-refractivity contribution in [2.24, 2.45) is 0 Å². The molecule has 0 aliphatic heterocycles. The summed E-state index contributed by atoms with van der Waals surface area (Å²) in [6.07, 6.45) is 1.05. The van der Waals surface area contributed by atoms with E-state index in [1.54, 1.807) is 0 Å². The van der Waals surface area contributed by atoms with Gasteiger partial charge in [0.15, 0.2) is 0 Å². The summed E-state index contributed by atoms with van der Waals surface area (Å²) in [7, 11) is 7.07. The Hall–Kier alpha value is -1.07. The van der Waals surface area contributed by atoms with E-state index in [1.165, 1.54) is 30.4 Å². The van der Waals surface area contributed by atoms with Crippen LogP contribution in [0, 0.1) is 0 Å². The molecule has 2 radical (unpaired) electrons. The summed E-state index contributed by atoms with van der Waals surface area (Å²) >= 11 is 0. The molecule has 1 heterocycles. The third-order valence-electron chi connectivity index (χ3n) is 2.70. The molecule has 0 amide bonds. The largest absolute Gasteiger partial charge is 0.113 e. The fourth-order valence-corrected chi connectivity index (χ4v) is 2.79. The van der Waals surface area contributed by atoms with Crippen molar-refractivity contribution in [3.63, 3.8) is 0 Å². The van der Waals surface area contributed by atoms with Gasteiger partial charge < -0.3 is 0 Å². The van der Waals surface area contributed by atoms with Crippen LogP contribution >= 0.6 is 8.19 Å². The fourth-order valence-electron chi connectivity index (χ4n) is 2.06. The van der Waals surface area contributed by atoms with E-state index < -0.39 is 0 Å². The highest BCUT2D eigenvalue weighted by Crippen LogP contribution is 2.36.